The van der Waals surface area contributed by atoms with Crippen LogP contribution in [-0.4, -0.2) is 11.0 Å². The van der Waals surface area contributed by atoms with E-state index in [1.807, 2.05) is 0 Å². The van der Waals surface area contributed by atoms with Crippen LogP contribution < -0.4 is 5.73 Å². The summed E-state index contributed by atoms with van der Waals surface area (Å²) in [5.41, 5.74) is 6.05. The highest BCUT2D eigenvalue weighted by Gasteiger charge is 2.18. The van der Waals surface area contributed by atoms with Gasteiger partial charge in [-0.05, 0) is 30.8 Å². The van der Waals surface area contributed by atoms with Gasteiger partial charge in [-0.2, -0.15) is 0 Å². The first-order chi connectivity index (χ1) is 8.15. The summed E-state index contributed by atoms with van der Waals surface area (Å²) < 4.78 is 0. The van der Waals surface area contributed by atoms with Gasteiger partial charge in [-0.3, -0.25) is 4.79 Å². The number of hydrogen-bond acceptors (Lipinski definition) is 2. The van der Waals surface area contributed by atoms with Gasteiger partial charge in [-0.25, -0.2) is 0 Å². The molecule has 0 spiro atoms. The standard InChI is InChI=1S/C14H25NO2/c1-2-3-9-12(13(16)14(15)17)10-11-7-5-4-6-8-11/h11,16H,2-10H2,1H3,(H2,15,17). The number of aliphatic hydroxyl groups is 1. The molecule has 98 valence electrons. The monoisotopic (exact) mass is 239 g/mol. The van der Waals surface area contributed by atoms with Crippen molar-refractivity contribution in [1.82, 2.24) is 0 Å². The molecule has 3 nitrogen and oxygen atoms in total. The Morgan fingerprint density at radius 2 is 1.94 bits per heavy atom. The molecule has 0 radical (unpaired) electrons. The molecule has 1 aliphatic carbocycles. The zero-order chi connectivity index (χ0) is 12.7. The molecule has 1 fully saturated rings. The minimum absolute atomic E-state index is 0.177. The second-order valence-corrected chi connectivity index (χ2v) is 5.13. The number of hydrogen-bond donors (Lipinski definition) is 2. The predicted molar refractivity (Wildman–Crippen MR) is 69.6 cm³/mol. The van der Waals surface area contributed by atoms with Crippen LogP contribution in [0.4, 0.5) is 0 Å². The van der Waals surface area contributed by atoms with Crippen LogP contribution in [0.3, 0.4) is 0 Å². The number of primary amides is 1. The molecule has 0 bridgehead atoms. The molecule has 0 aromatic carbocycles. The Balaban J connectivity index is 2.62. The Hall–Kier alpha value is -0.990. The first-order valence-corrected chi connectivity index (χ1v) is 6.86. The average Bonchev–Trinajstić information content (AvgIpc) is 2.34. The van der Waals surface area contributed by atoms with Crippen molar-refractivity contribution >= 4 is 5.91 Å². The summed E-state index contributed by atoms with van der Waals surface area (Å²) >= 11 is 0. The lowest BCUT2D eigenvalue weighted by atomic mass is 9.83. The van der Waals surface area contributed by atoms with Crippen molar-refractivity contribution in [2.75, 3.05) is 0 Å². The van der Waals surface area contributed by atoms with Crippen LogP contribution in [0.25, 0.3) is 0 Å². The number of unbranched alkanes of at least 4 members (excludes halogenated alkanes) is 1. The third kappa shape index (κ3) is 4.80. The molecule has 1 rings (SSSR count). The Morgan fingerprint density at radius 3 is 2.47 bits per heavy atom. The van der Waals surface area contributed by atoms with Gasteiger partial charge in [0.2, 0.25) is 0 Å². The Bertz CT molecular complexity index is 278. The van der Waals surface area contributed by atoms with Gasteiger partial charge in [0.25, 0.3) is 5.91 Å². The number of allylic oxidation sites excluding steroid dienone is 1. The first kappa shape index (κ1) is 14.1. The second kappa shape index (κ2) is 7.36. The smallest absolute Gasteiger partial charge is 0.283 e. The Labute approximate surface area is 104 Å². The van der Waals surface area contributed by atoms with E-state index in [9.17, 15) is 9.90 Å². The molecule has 0 unspecified atom stereocenters. The van der Waals surface area contributed by atoms with Gasteiger partial charge in [-0.15, -0.1) is 0 Å². The highest BCUT2D eigenvalue weighted by molar-refractivity contribution is 5.90. The van der Waals surface area contributed by atoms with Crippen molar-refractivity contribution in [2.24, 2.45) is 11.7 Å². The van der Waals surface area contributed by atoms with Crippen LogP contribution >= 0.6 is 0 Å². The van der Waals surface area contributed by atoms with Gasteiger partial charge in [0.05, 0.1) is 0 Å². The maximum absolute atomic E-state index is 11.1. The lowest BCUT2D eigenvalue weighted by Gasteiger charge is -2.23. The molecule has 0 heterocycles. The van der Waals surface area contributed by atoms with E-state index in [0.717, 1.165) is 31.3 Å². The number of carbonyl (C=O) groups excluding carboxylic acids is 1. The molecule has 17 heavy (non-hydrogen) atoms. The third-order valence-corrected chi connectivity index (χ3v) is 3.66. The SMILES string of the molecule is CCCCC(CC1CCCCC1)=C(O)C(N)=O. The van der Waals surface area contributed by atoms with Crippen molar-refractivity contribution in [3.05, 3.63) is 11.3 Å². The summed E-state index contributed by atoms with van der Waals surface area (Å²) in [6.07, 6.45) is 10.1. The third-order valence-electron chi connectivity index (χ3n) is 3.66. The van der Waals surface area contributed by atoms with E-state index in [-0.39, 0.29) is 5.76 Å². The van der Waals surface area contributed by atoms with Gasteiger partial charge < -0.3 is 10.8 Å². The fourth-order valence-electron chi connectivity index (χ4n) is 2.62. The van der Waals surface area contributed by atoms with Gasteiger partial charge in [0.1, 0.15) is 0 Å². The number of carbonyl (C=O) groups is 1. The van der Waals surface area contributed by atoms with Crippen LogP contribution in [0.2, 0.25) is 0 Å². The molecule has 0 aliphatic heterocycles. The van der Waals surface area contributed by atoms with Gasteiger partial charge in [0.15, 0.2) is 5.76 Å². The van der Waals surface area contributed by atoms with E-state index in [0.29, 0.717) is 5.92 Å². The molecule has 0 aromatic rings. The maximum Gasteiger partial charge on any atom is 0.283 e. The zero-order valence-electron chi connectivity index (χ0n) is 10.9. The average molecular weight is 239 g/mol. The molecule has 1 saturated carbocycles. The highest BCUT2D eigenvalue weighted by atomic mass is 16.3. The summed E-state index contributed by atoms with van der Waals surface area (Å²) in [5.74, 6) is -0.215. The van der Waals surface area contributed by atoms with Crippen LogP contribution in [0, 0.1) is 5.92 Å². The van der Waals surface area contributed by atoms with E-state index in [2.05, 4.69) is 6.92 Å². The summed E-state index contributed by atoms with van der Waals surface area (Å²) in [5, 5.41) is 9.75. The van der Waals surface area contributed by atoms with Crippen molar-refractivity contribution in [1.29, 1.82) is 0 Å². The van der Waals surface area contributed by atoms with E-state index in [1.54, 1.807) is 0 Å². The van der Waals surface area contributed by atoms with Gasteiger partial charge in [0, 0.05) is 0 Å². The summed E-state index contributed by atoms with van der Waals surface area (Å²) in [7, 11) is 0. The largest absolute Gasteiger partial charge is 0.503 e. The number of nitrogens with two attached hydrogens (primary N) is 1. The predicted octanol–water partition coefficient (Wildman–Crippen LogP) is 3.44. The molecule has 0 atom stereocenters. The minimum atomic E-state index is -0.674. The second-order valence-electron chi connectivity index (χ2n) is 5.13. The van der Waals surface area contributed by atoms with Gasteiger partial charge in [-0.1, -0.05) is 45.4 Å². The summed E-state index contributed by atoms with van der Waals surface area (Å²) in [6.45, 7) is 2.11. The molecule has 0 aromatic heterocycles. The normalized spacial score (nSPS) is 18.9. The topological polar surface area (TPSA) is 63.3 Å². The fourth-order valence-corrected chi connectivity index (χ4v) is 2.62. The first-order valence-electron chi connectivity index (χ1n) is 6.86. The van der Waals surface area contributed by atoms with Crippen molar-refractivity contribution < 1.29 is 9.90 Å². The fraction of sp³-hybridized carbons (Fsp3) is 0.786. The quantitative estimate of drug-likeness (QED) is 0.551. The lowest BCUT2D eigenvalue weighted by molar-refractivity contribution is -0.117. The zero-order valence-corrected chi connectivity index (χ0v) is 10.9. The Kier molecular flexibility index (Phi) is 6.09. The molecular formula is C14H25NO2. The molecule has 1 aliphatic rings. The number of aliphatic hydroxyl groups excluding tert-OH is 1. The van der Waals surface area contributed by atoms with E-state index in [4.69, 9.17) is 5.73 Å². The Morgan fingerprint density at radius 1 is 1.29 bits per heavy atom. The molecule has 3 heteroatoms. The highest BCUT2D eigenvalue weighted by Crippen LogP contribution is 2.31. The lowest BCUT2D eigenvalue weighted by Crippen LogP contribution is -2.17. The van der Waals surface area contributed by atoms with E-state index < -0.39 is 5.91 Å². The van der Waals surface area contributed by atoms with Crippen LogP contribution in [0.5, 0.6) is 0 Å². The molecular weight excluding hydrogens is 214 g/mol. The van der Waals surface area contributed by atoms with Crippen LogP contribution in [-0.2, 0) is 4.79 Å². The van der Waals surface area contributed by atoms with Crippen molar-refractivity contribution in [3.8, 4) is 0 Å². The van der Waals surface area contributed by atoms with Crippen molar-refractivity contribution in [2.45, 2.75) is 64.7 Å². The molecule has 3 N–H and O–H groups in total. The van der Waals surface area contributed by atoms with E-state index >= 15 is 0 Å². The minimum Gasteiger partial charge on any atom is -0.503 e. The maximum atomic E-state index is 11.1. The summed E-state index contributed by atoms with van der Waals surface area (Å²) in [4.78, 5) is 11.1. The summed E-state index contributed by atoms with van der Waals surface area (Å²) in [6, 6.07) is 0. The van der Waals surface area contributed by atoms with Crippen molar-refractivity contribution in [3.63, 3.8) is 0 Å². The van der Waals surface area contributed by atoms with Crippen LogP contribution in [0.1, 0.15) is 64.7 Å². The number of amides is 1. The molecule has 0 saturated heterocycles. The van der Waals surface area contributed by atoms with Crippen LogP contribution in [0.15, 0.2) is 11.3 Å². The van der Waals surface area contributed by atoms with E-state index in [1.165, 1.54) is 32.1 Å². The van der Waals surface area contributed by atoms with Gasteiger partial charge >= 0.3 is 0 Å². The number of rotatable bonds is 6. The molecule has 1 amide bonds.